The second-order valence-electron chi connectivity index (χ2n) is 4.92. The average molecular weight is 246 g/mol. The molecule has 18 heavy (non-hydrogen) atoms. The summed E-state index contributed by atoms with van der Waals surface area (Å²) in [5, 5.41) is 8.07. The molecule has 2 N–H and O–H groups in total. The minimum Gasteiger partial charge on any atom is -0.353 e. The number of hydrogen-bond donors (Lipinski definition) is 1. The van der Waals surface area contributed by atoms with Crippen molar-refractivity contribution in [3.8, 4) is 0 Å². The maximum absolute atomic E-state index is 5.85. The Kier molecular flexibility index (Phi) is 2.87. The van der Waals surface area contributed by atoms with Crippen molar-refractivity contribution in [2.24, 2.45) is 11.7 Å². The molecular weight excluding hydrogens is 228 g/mol. The fourth-order valence-corrected chi connectivity index (χ4v) is 2.95. The minimum absolute atomic E-state index is 0.463. The highest BCUT2D eigenvalue weighted by atomic mass is 15.3. The molecule has 2 atom stereocenters. The molecule has 0 radical (unpaired) electrons. The zero-order chi connectivity index (χ0) is 12.5. The van der Waals surface area contributed by atoms with E-state index < -0.39 is 0 Å². The summed E-state index contributed by atoms with van der Waals surface area (Å²) in [5.74, 6) is 1.44. The van der Waals surface area contributed by atoms with Crippen molar-refractivity contribution in [1.29, 1.82) is 0 Å². The molecule has 0 bridgehead atoms. The summed E-state index contributed by atoms with van der Waals surface area (Å²) < 4.78 is 1.89. The Hall–Kier alpha value is -1.69. The van der Waals surface area contributed by atoms with Crippen LogP contribution in [-0.4, -0.2) is 39.2 Å². The number of anilines is 1. The molecule has 0 saturated heterocycles. The zero-order valence-corrected chi connectivity index (χ0v) is 10.5. The van der Waals surface area contributed by atoms with Crippen LogP contribution in [0.25, 0.3) is 5.65 Å². The molecule has 0 amide bonds. The van der Waals surface area contributed by atoms with Gasteiger partial charge in [0, 0.05) is 25.5 Å². The van der Waals surface area contributed by atoms with Crippen LogP contribution in [0.5, 0.6) is 0 Å². The standard InChI is InChI=1S/C12H18N6/c1-17(10-4-2-3-9(10)7-13)11-12-16-15-8-18(12)6-5-14-11/h5-6,8-10H,2-4,7,13H2,1H3. The Labute approximate surface area is 106 Å². The summed E-state index contributed by atoms with van der Waals surface area (Å²) in [5.41, 5.74) is 6.66. The van der Waals surface area contributed by atoms with Crippen LogP contribution in [0.1, 0.15) is 19.3 Å². The monoisotopic (exact) mass is 246 g/mol. The van der Waals surface area contributed by atoms with Gasteiger partial charge in [0.05, 0.1) is 0 Å². The normalized spacial score (nSPS) is 23.7. The van der Waals surface area contributed by atoms with Gasteiger partial charge in [0.15, 0.2) is 5.82 Å². The molecule has 2 heterocycles. The van der Waals surface area contributed by atoms with Gasteiger partial charge in [-0.2, -0.15) is 0 Å². The molecule has 2 aromatic rings. The Morgan fingerprint density at radius 1 is 1.50 bits per heavy atom. The number of hydrogen-bond acceptors (Lipinski definition) is 5. The zero-order valence-electron chi connectivity index (χ0n) is 10.5. The first-order chi connectivity index (χ1) is 8.81. The minimum atomic E-state index is 0.463. The first-order valence-corrected chi connectivity index (χ1v) is 6.38. The first-order valence-electron chi connectivity index (χ1n) is 6.38. The van der Waals surface area contributed by atoms with Crippen molar-refractivity contribution in [3.05, 3.63) is 18.7 Å². The molecule has 0 aromatic carbocycles. The molecule has 96 valence electrons. The quantitative estimate of drug-likeness (QED) is 0.862. The summed E-state index contributed by atoms with van der Waals surface area (Å²) in [4.78, 5) is 6.67. The van der Waals surface area contributed by atoms with E-state index in [1.807, 2.05) is 10.6 Å². The molecule has 1 fully saturated rings. The van der Waals surface area contributed by atoms with Crippen molar-refractivity contribution in [1.82, 2.24) is 19.6 Å². The van der Waals surface area contributed by atoms with Crippen molar-refractivity contribution < 1.29 is 0 Å². The summed E-state index contributed by atoms with van der Waals surface area (Å²) in [6, 6.07) is 0.463. The van der Waals surface area contributed by atoms with Gasteiger partial charge >= 0.3 is 0 Å². The Balaban J connectivity index is 1.96. The van der Waals surface area contributed by atoms with E-state index >= 15 is 0 Å². The fourth-order valence-electron chi connectivity index (χ4n) is 2.95. The van der Waals surface area contributed by atoms with E-state index in [9.17, 15) is 0 Å². The third-order valence-electron chi connectivity index (χ3n) is 3.95. The van der Waals surface area contributed by atoms with Crippen molar-refractivity contribution in [2.45, 2.75) is 25.3 Å². The molecule has 1 saturated carbocycles. The summed E-state index contributed by atoms with van der Waals surface area (Å²) in [7, 11) is 2.08. The molecular formula is C12H18N6. The van der Waals surface area contributed by atoms with E-state index in [1.165, 1.54) is 19.3 Å². The molecule has 0 aliphatic heterocycles. The van der Waals surface area contributed by atoms with Crippen molar-refractivity contribution >= 4 is 11.5 Å². The molecule has 6 heteroatoms. The van der Waals surface area contributed by atoms with Crippen molar-refractivity contribution in [2.75, 3.05) is 18.5 Å². The second-order valence-corrected chi connectivity index (χ2v) is 4.92. The van der Waals surface area contributed by atoms with Crippen LogP contribution in [0.2, 0.25) is 0 Å². The predicted octanol–water partition coefficient (Wildman–Crippen LogP) is 0.688. The molecule has 2 aromatic heterocycles. The molecule has 6 nitrogen and oxygen atoms in total. The number of fused-ring (bicyclic) bond motifs is 1. The van der Waals surface area contributed by atoms with E-state index in [0.717, 1.165) is 18.0 Å². The van der Waals surface area contributed by atoms with Crippen LogP contribution >= 0.6 is 0 Å². The van der Waals surface area contributed by atoms with Gasteiger partial charge < -0.3 is 10.6 Å². The lowest BCUT2D eigenvalue weighted by atomic mass is 10.0. The summed E-state index contributed by atoms with van der Waals surface area (Å²) >= 11 is 0. The molecule has 1 aliphatic rings. The number of nitrogens with two attached hydrogens (primary N) is 1. The lowest BCUT2D eigenvalue weighted by molar-refractivity contribution is 0.472. The topological polar surface area (TPSA) is 72.3 Å². The Bertz CT molecular complexity index is 536. The lowest BCUT2D eigenvalue weighted by Gasteiger charge is -2.29. The third-order valence-corrected chi connectivity index (χ3v) is 3.95. The smallest absolute Gasteiger partial charge is 0.203 e. The van der Waals surface area contributed by atoms with Gasteiger partial charge in [-0.1, -0.05) is 6.42 Å². The SMILES string of the molecule is CN(c1nccn2cnnc12)C1CCCC1CN. The Morgan fingerprint density at radius 2 is 2.39 bits per heavy atom. The van der Waals surface area contributed by atoms with Crippen LogP contribution in [-0.2, 0) is 0 Å². The molecule has 0 spiro atoms. The lowest BCUT2D eigenvalue weighted by Crippen LogP contribution is -2.38. The Morgan fingerprint density at radius 3 is 3.22 bits per heavy atom. The van der Waals surface area contributed by atoms with Gasteiger partial charge in [0.25, 0.3) is 0 Å². The number of aromatic nitrogens is 4. The predicted molar refractivity (Wildman–Crippen MR) is 69.4 cm³/mol. The van der Waals surface area contributed by atoms with Crippen LogP contribution in [0.15, 0.2) is 18.7 Å². The van der Waals surface area contributed by atoms with Crippen LogP contribution in [0.4, 0.5) is 5.82 Å². The van der Waals surface area contributed by atoms with Crippen LogP contribution in [0, 0.1) is 5.92 Å². The highest BCUT2D eigenvalue weighted by molar-refractivity contribution is 5.63. The highest BCUT2D eigenvalue weighted by Gasteiger charge is 2.31. The van der Waals surface area contributed by atoms with Crippen molar-refractivity contribution in [3.63, 3.8) is 0 Å². The molecule has 3 rings (SSSR count). The van der Waals surface area contributed by atoms with E-state index in [4.69, 9.17) is 5.73 Å². The van der Waals surface area contributed by atoms with Gasteiger partial charge in [-0.3, -0.25) is 4.40 Å². The summed E-state index contributed by atoms with van der Waals surface area (Å²) in [6.07, 6.45) is 8.98. The maximum Gasteiger partial charge on any atom is 0.203 e. The maximum atomic E-state index is 5.85. The highest BCUT2D eigenvalue weighted by Crippen LogP contribution is 2.31. The summed E-state index contributed by atoms with van der Waals surface area (Å²) in [6.45, 7) is 0.741. The molecule has 1 aliphatic carbocycles. The fraction of sp³-hybridized carbons (Fsp3) is 0.583. The van der Waals surface area contributed by atoms with Crippen LogP contribution in [0.3, 0.4) is 0 Å². The third kappa shape index (κ3) is 1.73. The van der Waals surface area contributed by atoms with E-state index in [2.05, 4.69) is 27.1 Å². The largest absolute Gasteiger partial charge is 0.353 e. The van der Waals surface area contributed by atoms with Gasteiger partial charge in [-0.15, -0.1) is 10.2 Å². The second kappa shape index (κ2) is 4.53. The van der Waals surface area contributed by atoms with Gasteiger partial charge in [-0.25, -0.2) is 4.98 Å². The molecule has 2 unspecified atom stereocenters. The first kappa shape index (κ1) is 11.4. The van der Waals surface area contributed by atoms with E-state index in [0.29, 0.717) is 12.0 Å². The average Bonchev–Trinajstić information content (AvgIpc) is 3.05. The van der Waals surface area contributed by atoms with Gasteiger partial charge in [0.1, 0.15) is 6.33 Å². The van der Waals surface area contributed by atoms with E-state index in [-0.39, 0.29) is 0 Å². The van der Waals surface area contributed by atoms with Crippen LogP contribution < -0.4 is 10.6 Å². The van der Waals surface area contributed by atoms with Gasteiger partial charge in [0.2, 0.25) is 5.65 Å². The van der Waals surface area contributed by atoms with E-state index in [1.54, 1.807) is 12.5 Å². The number of nitrogens with zero attached hydrogens (tertiary/aromatic N) is 5. The number of rotatable bonds is 3. The van der Waals surface area contributed by atoms with Gasteiger partial charge in [-0.05, 0) is 25.3 Å².